The second-order valence-electron chi connectivity index (χ2n) is 5.99. The van der Waals surface area contributed by atoms with Crippen LogP contribution in [0.25, 0.3) is 0 Å². The number of nitrogens with one attached hydrogen (secondary N) is 1. The van der Waals surface area contributed by atoms with Gasteiger partial charge in [0, 0.05) is 36.8 Å². The van der Waals surface area contributed by atoms with Crippen LogP contribution in [0.5, 0.6) is 0 Å². The molecular weight excluding hydrogens is 242 g/mol. The van der Waals surface area contributed by atoms with Gasteiger partial charge in [0.25, 0.3) is 0 Å². The fraction of sp³-hybridized carbons (Fsp3) is 0.786. The average Bonchev–Trinajstić information content (AvgIpc) is 2.65. The molecule has 0 aromatic carbocycles. The van der Waals surface area contributed by atoms with E-state index in [2.05, 4.69) is 50.6 Å². The Hall–Kier alpha value is -0.480. The lowest BCUT2D eigenvalue weighted by Crippen LogP contribution is -2.27. The van der Waals surface area contributed by atoms with E-state index in [0.29, 0.717) is 6.04 Å². The first-order valence-corrected chi connectivity index (χ1v) is 7.99. The molecule has 18 heavy (non-hydrogen) atoms. The molecule has 0 aliphatic heterocycles. The minimum absolute atomic E-state index is 0.112. The van der Waals surface area contributed by atoms with Gasteiger partial charge in [-0.25, -0.2) is 0 Å². The Labute approximate surface area is 116 Å². The largest absolute Gasteiger partial charge is 0.310 e. The van der Waals surface area contributed by atoms with Crippen LogP contribution in [-0.4, -0.2) is 27.8 Å². The van der Waals surface area contributed by atoms with Gasteiger partial charge in [-0.05, 0) is 25.4 Å². The quantitative estimate of drug-likeness (QED) is 0.861. The molecular formula is C14H27N3S. The van der Waals surface area contributed by atoms with Crippen molar-refractivity contribution in [2.45, 2.75) is 52.1 Å². The zero-order chi connectivity index (χ0) is 13.8. The molecule has 1 N–H and O–H groups in total. The lowest BCUT2D eigenvalue weighted by Gasteiger charge is -2.19. The van der Waals surface area contributed by atoms with E-state index >= 15 is 0 Å². The van der Waals surface area contributed by atoms with Crippen molar-refractivity contribution in [3.8, 4) is 0 Å². The van der Waals surface area contributed by atoms with Gasteiger partial charge in [-0.3, -0.25) is 4.68 Å². The number of aromatic nitrogens is 2. The summed E-state index contributed by atoms with van der Waals surface area (Å²) < 4.78 is 1.92. The van der Waals surface area contributed by atoms with Crippen LogP contribution in [0.4, 0.5) is 0 Å². The highest BCUT2D eigenvalue weighted by Crippen LogP contribution is 2.24. The second-order valence-corrected chi connectivity index (χ2v) is 6.98. The normalized spacial score (nSPS) is 13.9. The summed E-state index contributed by atoms with van der Waals surface area (Å²) in [6.07, 6.45) is 5.51. The molecule has 1 aromatic rings. The van der Waals surface area contributed by atoms with Crippen molar-refractivity contribution in [2.24, 2.45) is 7.05 Å². The molecule has 104 valence electrons. The molecule has 1 heterocycles. The molecule has 1 unspecified atom stereocenters. The standard InChI is InChI=1S/C14H27N3S/c1-11(7-8-18-6)15-9-12-10-17(5)16-13(12)14(2,3)4/h10-11,15H,7-9H2,1-6H3. The van der Waals surface area contributed by atoms with E-state index in [-0.39, 0.29) is 5.41 Å². The van der Waals surface area contributed by atoms with Crippen LogP contribution >= 0.6 is 11.8 Å². The van der Waals surface area contributed by atoms with E-state index in [9.17, 15) is 0 Å². The molecule has 1 rings (SSSR count). The van der Waals surface area contributed by atoms with Crippen molar-refractivity contribution in [1.29, 1.82) is 0 Å². The van der Waals surface area contributed by atoms with E-state index in [1.807, 2.05) is 23.5 Å². The number of hydrogen-bond acceptors (Lipinski definition) is 3. The summed E-state index contributed by atoms with van der Waals surface area (Å²) in [7, 11) is 2.00. The van der Waals surface area contributed by atoms with Gasteiger partial charge in [-0.2, -0.15) is 16.9 Å². The molecule has 0 amide bonds. The summed E-state index contributed by atoms with van der Waals surface area (Å²) in [6.45, 7) is 9.82. The Kier molecular flexibility index (Phi) is 5.73. The predicted molar refractivity (Wildman–Crippen MR) is 81.2 cm³/mol. The van der Waals surface area contributed by atoms with Gasteiger partial charge >= 0.3 is 0 Å². The van der Waals surface area contributed by atoms with Gasteiger partial charge in [-0.1, -0.05) is 20.8 Å². The van der Waals surface area contributed by atoms with Gasteiger partial charge in [0.2, 0.25) is 0 Å². The molecule has 0 radical (unpaired) electrons. The van der Waals surface area contributed by atoms with Gasteiger partial charge in [0.1, 0.15) is 0 Å². The Morgan fingerprint density at radius 3 is 2.67 bits per heavy atom. The highest BCUT2D eigenvalue weighted by molar-refractivity contribution is 7.98. The van der Waals surface area contributed by atoms with Crippen molar-refractivity contribution < 1.29 is 0 Å². The number of nitrogens with zero attached hydrogens (tertiary/aromatic N) is 2. The van der Waals surface area contributed by atoms with Crippen molar-refractivity contribution in [2.75, 3.05) is 12.0 Å². The van der Waals surface area contributed by atoms with Crippen LogP contribution in [0.3, 0.4) is 0 Å². The minimum Gasteiger partial charge on any atom is -0.310 e. The topological polar surface area (TPSA) is 29.9 Å². The van der Waals surface area contributed by atoms with Crippen molar-refractivity contribution in [3.05, 3.63) is 17.5 Å². The van der Waals surface area contributed by atoms with Crippen molar-refractivity contribution >= 4 is 11.8 Å². The molecule has 4 heteroatoms. The molecule has 3 nitrogen and oxygen atoms in total. The summed E-state index contributed by atoms with van der Waals surface area (Å²) in [6, 6.07) is 0.561. The predicted octanol–water partition coefficient (Wildman–Crippen LogP) is 2.95. The highest BCUT2D eigenvalue weighted by atomic mass is 32.2. The van der Waals surface area contributed by atoms with Crippen molar-refractivity contribution in [1.82, 2.24) is 15.1 Å². The molecule has 0 saturated heterocycles. The van der Waals surface area contributed by atoms with E-state index in [1.54, 1.807) is 0 Å². The fourth-order valence-electron chi connectivity index (χ4n) is 1.98. The highest BCUT2D eigenvalue weighted by Gasteiger charge is 2.21. The van der Waals surface area contributed by atoms with E-state index in [0.717, 1.165) is 6.54 Å². The lowest BCUT2D eigenvalue weighted by atomic mass is 9.89. The minimum atomic E-state index is 0.112. The smallest absolute Gasteiger partial charge is 0.0722 e. The molecule has 0 bridgehead atoms. The second kappa shape index (κ2) is 6.62. The first kappa shape index (κ1) is 15.6. The van der Waals surface area contributed by atoms with E-state index in [1.165, 1.54) is 23.4 Å². The number of hydrogen-bond donors (Lipinski definition) is 1. The third-order valence-corrected chi connectivity index (χ3v) is 3.65. The molecule has 1 atom stereocenters. The van der Waals surface area contributed by atoms with Crippen LogP contribution in [0, 0.1) is 0 Å². The van der Waals surface area contributed by atoms with Gasteiger partial charge in [-0.15, -0.1) is 0 Å². The third-order valence-electron chi connectivity index (χ3n) is 3.01. The summed E-state index contributed by atoms with van der Waals surface area (Å²) in [5.41, 5.74) is 2.64. The average molecular weight is 269 g/mol. The van der Waals surface area contributed by atoms with E-state index in [4.69, 9.17) is 0 Å². The number of rotatable bonds is 6. The van der Waals surface area contributed by atoms with E-state index < -0.39 is 0 Å². The summed E-state index contributed by atoms with van der Waals surface area (Å²) in [5.74, 6) is 1.22. The maximum Gasteiger partial charge on any atom is 0.0722 e. The lowest BCUT2D eigenvalue weighted by molar-refractivity contribution is 0.517. The molecule has 1 aromatic heterocycles. The van der Waals surface area contributed by atoms with Crippen LogP contribution < -0.4 is 5.32 Å². The summed E-state index contributed by atoms with van der Waals surface area (Å²) >= 11 is 1.91. The number of thioether (sulfide) groups is 1. The summed E-state index contributed by atoms with van der Waals surface area (Å²) in [5, 5.41) is 8.19. The third kappa shape index (κ3) is 4.65. The molecule has 0 spiro atoms. The maximum absolute atomic E-state index is 4.59. The zero-order valence-corrected chi connectivity index (χ0v) is 13.4. The van der Waals surface area contributed by atoms with Gasteiger partial charge in [0.05, 0.1) is 5.69 Å². The number of aryl methyl sites for hydroxylation is 1. The Bertz CT molecular complexity index is 366. The van der Waals surface area contributed by atoms with Gasteiger partial charge in [0.15, 0.2) is 0 Å². The van der Waals surface area contributed by atoms with Gasteiger partial charge < -0.3 is 5.32 Å². The Morgan fingerprint density at radius 2 is 2.11 bits per heavy atom. The SMILES string of the molecule is CSCCC(C)NCc1cn(C)nc1C(C)(C)C. The molecule has 0 fully saturated rings. The monoisotopic (exact) mass is 269 g/mol. The summed E-state index contributed by atoms with van der Waals surface area (Å²) in [4.78, 5) is 0. The van der Waals surface area contributed by atoms with Crippen LogP contribution in [0.2, 0.25) is 0 Å². The molecule has 0 aliphatic rings. The van der Waals surface area contributed by atoms with Crippen LogP contribution in [0.15, 0.2) is 6.20 Å². The first-order chi connectivity index (χ1) is 8.34. The van der Waals surface area contributed by atoms with Crippen molar-refractivity contribution in [3.63, 3.8) is 0 Å². The zero-order valence-electron chi connectivity index (χ0n) is 12.6. The molecule has 0 saturated carbocycles. The fourth-order valence-corrected chi connectivity index (χ4v) is 2.57. The first-order valence-electron chi connectivity index (χ1n) is 6.60. The Morgan fingerprint density at radius 1 is 1.44 bits per heavy atom. The van der Waals surface area contributed by atoms with Crippen LogP contribution in [-0.2, 0) is 19.0 Å². The molecule has 0 aliphatic carbocycles. The maximum atomic E-state index is 4.59. The van der Waals surface area contributed by atoms with Crippen LogP contribution in [0.1, 0.15) is 45.4 Å². The Balaban J connectivity index is 2.62.